The molecule has 1 aliphatic heterocycles. The maximum Gasteiger partial charge on any atom is 0.350 e. The molecule has 1 aromatic heterocycles. The van der Waals surface area contributed by atoms with Gasteiger partial charge in [0, 0.05) is 0 Å². The zero-order valence-corrected chi connectivity index (χ0v) is 16.3. The summed E-state index contributed by atoms with van der Waals surface area (Å²) in [6, 6.07) is 7.89. The second-order valence-electron chi connectivity index (χ2n) is 6.32. The number of carbonyl (C=O) groups is 4. The largest absolute Gasteiger partial charge is 0.451 e. The maximum atomic E-state index is 12.7. The molecule has 1 aliphatic rings. The van der Waals surface area contributed by atoms with Crippen molar-refractivity contribution >= 4 is 35.2 Å². The molecule has 10 heteroatoms. The van der Waals surface area contributed by atoms with Crippen LogP contribution < -0.4 is 10.7 Å². The van der Waals surface area contributed by atoms with Gasteiger partial charge in [0.1, 0.15) is 10.4 Å². The average Bonchev–Trinajstić information content (AvgIpc) is 3.11. The summed E-state index contributed by atoms with van der Waals surface area (Å²) in [6.45, 7) is 4.32. The summed E-state index contributed by atoms with van der Waals surface area (Å²) in [5.41, 5.74) is 1.96. The molecule has 0 radical (unpaired) electrons. The van der Waals surface area contributed by atoms with E-state index < -0.39 is 36.0 Å². The predicted octanol–water partition coefficient (Wildman–Crippen LogP) is 1.42. The van der Waals surface area contributed by atoms with Crippen LogP contribution in [0.15, 0.2) is 30.3 Å². The highest BCUT2D eigenvalue weighted by Gasteiger charge is 2.50. The number of rotatable bonds is 5. The maximum absolute atomic E-state index is 12.7. The van der Waals surface area contributed by atoms with E-state index in [-0.39, 0.29) is 0 Å². The quantitative estimate of drug-likeness (QED) is 0.577. The molecular formula is C18H18N4O5S. The van der Waals surface area contributed by atoms with E-state index >= 15 is 0 Å². The topological polar surface area (TPSA) is 118 Å². The van der Waals surface area contributed by atoms with Crippen LogP contribution in [0.1, 0.15) is 32.9 Å². The molecular weight excluding hydrogens is 384 g/mol. The number of esters is 1. The van der Waals surface area contributed by atoms with Crippen LogP contribution in [-0.2, 0) is 19.9 Å². The fraction of sp³-hybridized carbons (Fsp3) is 0.278. The SMILES string of the molecule is Cc1nc(C)c(C(=O)OCC(=O)NN2C(=O)N[C@@](C)(c3ccccc3)C2=O)s1. The summed E-state index contributed by atoms with van der Waals surface area (Å²) in [6.07, 6.45) is 0. The number of hydrogen-bond acceptors (Lipinski definition) is 7. The van der Waals surface area contributed by atoms with Crippen LogP contribution in [0.3, 0.4) is 0 Å². The van der Waals surface area contributed by atoms with Crippen molar-refractivity contribution in [2.45, 2.75) is 26.3 Å². The van der Waals surface area contributed by atoms with Crippen LogP contribution in [0.2, 0.25) is 0 Å². The molecule has 2 heterocycles. The standard InChI is InChI=1S/C18H18N4O5S/c1-10-14(28-11(2)19-10)15(24)27-9-13(23)21-22-16(25)18(3,20-17(22)26)12-7-5-4-6-8-12/h4-8H,9H2,1-3H3,(H,20,26)(H,21,23)/t18-/m0/s1. The molecule has 1 atom stereocenters. The van der Waals surface area contributed by atoms with Crippen LogP contribution in [0, 0.1) is 13.8 Å². The van der Waals surface area contributed by atoms with Crippen LogP contribution in [0.4, 0.5) is 4.79 Å². The monoisotopic (exact) mass is 402 g/mol. The fourth-order valence-electron chi connectivity index (χ4n) is 2.78. The number of benzene rings is 1. The molecule has 3 rings (SSSR count). The highest BCUT2D eigenvalue weighted by molar-refractivity contribution is 7.13. The van der Waals surface area contributed by atoms with Crippen molar-refractivity contribution in [3.8, 4) is 0 Å². The number of nitrogens with one attached hydrogen (secondary N) is 2. The zero-order valence-electron chi connectivity index (χ0n) is 15.4. The number of imide groups is 1. The van der Waals surface area contributed by atoms with Gasteiger partial charge in [0.25, 0.3) is 11.8 Å². The molecule has 2 aromatic rings. The second-order valence-corrected chi connectivity index (χ2v) is 7.52. The van der Waals surface area contributed by atoms with E-state index in [4.69, 9.17) is 4.74 Å². The number of aromatic nitrogens is 1. The Morgan fingerprint density at radius 1 is 1.25 bits per heavy atom. The Morgan fingerprint density at radius 3 is 2.54 bits per heavy atom. The zero-order chi connectivity index (χ0) is 20.5. The van der Waals surface area contributed by atoms with Crippen molar-refractivity contribution in [3.63, 3.8) is 0 Å². The van der Waals surface area contributed by atoms with Gasteiger partial charge < -0.3 is 10.1 Å². The molecule has 28 heavy (non-hydrogen) atoms. The molecule has 0 spiro atoms. The number of amides is 4. The van der Waals surface area contributed by atoms with E-state index in [9.17, 15) is 19.2 Å². The molecule has 0 aliphatic carbocycles. The summed E-state index contributed by atoms with van der Waals surface area (Å²) in [4.78, 5) is 53.4. The van der Waals surface area contributed by atoms with Gasteiger partial charge in [-0.1, -0.05) is 30.3 Å². The molecule has 1 fully saturated rings. The van der Waals surface area contributed by atoms with Crippen LogP contribution >= 0.6 is 11.3 Å². The summed E-state index contributed by atoms with van der Waals surface area (Å²) >= 11 is 1.16. The number of nitrogens with zero attached hydrogens (tertiary/aromatic N) is 2. The minimum absolute atomic E-state index is 0.303. The molecule has 1 saturated heterocycles. The molecule has 9 nitrogen and oxygen atoms in total. The van der Waals surface area contributed by atoms with Crippen molar-refractivity contribution in [1.82, 2.24) is 20.7 Å². The lowest BCUT2D eigenvalue weighted by Crippen LogP contribution is -2.49. The molecule has 0 saturated carbocycles. The Morgan fingerprint density at radius 2 is 1.93 bits per heavy atom. The number of thiazole rings is 1. The molecule has 146 valence electrons. The van der Waals surface area contributed by atoms with E-state index in [1.54, 1.807) is 51.1 Å². The molecule has 0 bridgehead atoms. The van der Waals surface area contributed by atoms with E-state index in [2.05, 4.69) is 15.7 Å². The summed E-state index contributed by atoms with van der Waals surface area (Å²) in [5.74, 6) is -2.14. The fourth-order valence-corrected chi connectivity index (χ4v) is 3.60. The summed E-state index contributed by atoms with van der Waals surface area (Å²) in [5, 5.41) is 3.85. The van der Waals surface area contributed by atoms with E-state index in [1.807, 2.05) is 0 Å². The normalized spacial score (nSPS) is 18.8. The van der Waals surface area contributed by atoms with E-state index in [1.165, 1.54) is 0 Å². The number of ether oxygens (including phenoxy) is 1. The number of hydrazine groups is 1. The third-order valence-corrected chi connectivity index (χ3v) is 5.25. The number of hydrogen-bond donors (Lipinski definition) is 2. The minimum Gasteiger partial charge on any atom is -0.451 e. The first-order chi connectivity index (χ1) is 13.2. The number of aryl methyl sites for hydroxylation is 2. The van der Waals surface area contributed by atoms with Crippen LogP contribution in [0.5, 0.6) is 0 Å². The predicted molar refractivity (Wildman–Crippen MR) is 99.2 cm³/mol. The number of urea groups is 1. The van der Waals surface area contributed by atoms with Crippen LogP contribution in [0.25, 0.3) is 0 Å². The Labute approximate surface area is 164 Å². The van der Waals surface area contributed by atoms with E-state index in [0.29, 0.717) is 26.2 Å². The average molecular weight is 402 g/mol. The van der Waals surface area contributed by atoms with Gasteiger partial charge in [-0.05, 0) is 26.3 Å². The third-order valence-electron chi connectivity index (χ3n) is 4.20. The van der Waals surface area contributed by atoms with Gasteiger partial charge in [-0.3, -0.25) is 15.0 Å². The van der Waals surface area contributed by atoms with Crippen molar-refractivity contribution in [1.29, 1.82) is 0 Å². The Bertz CT molecular complexity index is 958. The lowest BCUT2D eigenvalue weighted by molar-refractivity contribution is -0.140. The first-order valence-electron chi connectivity index (χ1n) is 8.35. The van der Waals surface area contributed by atoms with Crippen molar-refractivity contribution in [2.24, 2.45) is 0 Å². The molecule has 1 aromatic carbocycles. The third kappa shape index (κ3) is 3.58. The number of carbonyl (C=O) groups excluding carboxylic acids is 4. The Kier molecular flexibility index (Phi) is 5.14. The first-order valence-corrected chi connectivity index (χ1v) is 9.17. The molecule has 0 unspecified atom stereocenters. The molecule has 2 N–H and O–H groups in total. The highest BCUT2D eigenvalue weighted by atomic mass is 32.1. The van der Waals surface area contributed by atoms with Crippen molar-refractivity contribution in [3.05, 3.63) is 51.5 Å². The van der Waals surface area contributed by atoms with Gasteiger partial charge in [-0.2, -0.15) is 5.01 Å². The summed E-state index contributed by atoms with van der Waals surface area (Å²) in [7, 11) is 0. The Balaban J connectivity index is 1.63. The van der Waals surface area contributed by atoms with Crippen molar-refractivity contribution in [2.75, 3.05) is 6.61 Å². The smallest absolute Gasteiger partial charge is 0.350 e. The lowest BCUT2D eigenvalue weighted by Gasteiger charge is -2.22. The van der Waals surface area contributed by atoms with Gasteiger partial charge in [-0.25, -0.2) is 14.6 Å². The first kappa shape index (κ1) is 19.5. The Hall–Kier alpha value is -3.27. The second kappa shape index (κ2) is 7.39. The van der Waals surface area contributed by atoms with Gasteiger partial charge in [-0.15, -0.1) is 11.3 Å². The van der Waals surface area contributed by atoms with Gasteiger partial charge in [0.15, 0.2) is 6.61 Å². The van der Waals surface area contributed by atoms with Gasteiger partial charge >= 0.3 is 12.0 Å². The van der Waals surface area contributed by atoms with Gasteiger partial charge in [0.2, 0.25) is 0 Å². The minimum atomic E-state index is -1.31. The van der Waals surface area contributed by atoms with Crippen molar-refractivity contribution < 1.29 is 23.9 Å². The highest BCUT2D eigenvalue weighted by Crippen LogP contribution is 2.27. The van der Waals surface area contributed by atoms with Gasteiger partial charge in [0.05, 0.1) is 10.7 Å². The van der Waals surface area contributed by atoms with Crippen LogP contribution in [-0.4, -0.2) is 40.4 Å². The summed E-state index contributed by atoms with van der Waals surface area (Å²) < 4.78 is 4.95. The lowest BCUT2D eigenvalue weighted by atomic mass is 9.92. The molecule has 4 amide bonds. The van der Waals surface area contributed by atoms with E-state index in [0.717, 1.165) is 11.3 Å².